The molecular weight excluding hydrogens is 288 g/mol. The van der Waals surface area contributed by atoms with Crippen molar-refractivity contribution in [3.63, 3.8) is 0 Å². The van der Waals surface area contributed by atoms with E-state index in [0.717, 1.165) is 25.9 Å². The lowest BCUT2D eigenvalue weighted by Crippen LogP contribution is -2.35. The number of aromatic carboxylic acids is 1. The van der Waals surface area contributed by atoms with Gasteiger partial charge in [0.25, 0.3) is 0 Å². The number of amides is 1. The highest BCUT2D eigenvalue weighted by Crippen LogP contribution is 2.21. The quantitative estimate of drug-likeness (QED) is 0.866. The number of aromatic nitrogens is 1. The van der Waals surface area contributed by atoms with Crippen molar-refractivity contribution < 1.29 is 14.7 Å². The maximum absolute atomic E-state index is 12.2. The highest BCUT2D eigenvalue weighted by Gasteiger charge is 2.17. The van der Waals surface area contributed by atoms with Crippen LogP contribution in [0.15, 0.2) is 23.4 Å². The molecule has 1 aromatic rings. The van der Waals surface area contributed by atoms with Crippen LogP contribution in [-0.2, 0) is 4.79 Å². The van der Waals surface area contributed by atoms with Crippen molar-refractivity contribution >= 4 is 23.6 Å². The number of nitrogens with zero attached hydrogens (tertiary/aromatic N) is 2. The molecule has 21 heavy (non-hydrogen) atoms. The molecule has 5 nitrogen and oxygen atoms in total. The van der Waals surface area contributed by atoms with Gasteiger partial charge in [-0.3, -0.25) is 4.79 Å². The monoisotopic (exact) mass is 308 g/mol. The molecular formula is C15H20N2O3S. The minimum absolute atomic E-state index is 0.0730. The standard InChI is InChI=1S/C15H20N2O3S/c18-13(17-9-4-2-1-3-5-10-17)11-21-14-12(15(19)20)7-6-8-16-14/h6-8H,1-5,9-11H2,(H,19,20). The summed E-state index contributed by atoms with van der Waals surface area (Å²) in [7, 11) is 0. The molecule has 114 valence electrons. The van der Waals surface area contributed by atoms with Crippen molar-refractivity contribution in [1.29, 1.82) is 0 Å². The van der Waals surface area contributed by atoms with Gasteiger partial charge in [-0.2, -0.15) is 0 Å². The second-order valence-electron chi connectivity index (χ2n) is 5.10. The van der Waals surface area contributed by atoms with Gasteiger partial charge in [0.2, 0.25) is 5.91 Å². The fraction of sp³-hybridized carbons (Fsp3) is 0.533. The van der Waals surface area contributed by atoms with Crippen molar-refractivity contribution in [3.8, 4) is 0 Å². The van der Waals surface area contributed by atoms with Gasteiger partial charge in [-0.15, -0.1) is 0 Å². The number of carboxylic acid groups (broad SMARTS) is 1. The first-order valence-electron chi connectivity index (χ1n) is 7.27. The van der Waals surface area contributed by atoms with Gasteiger partial charge in [-0.1, -0.05) is 31.0 Å². The normalized spacial score (nSPS) is 16.1. The Hall–Kier alpha value is -1.56. The van der Waals surface area contributed by atoms with E-state index in [9.17, 15) is 9.59 Å². The van der Waals surface area contributed by atoms with Gasteiger partial charge in [0.05, 0.1) is 11.3 Å². The van der Waals surface area contributed by atoms with Gasteiger partial charge in [0, 0.05) is 19.3 Å². The summed E-state index contributed by atoms with van der Waals surface area (Å²) in [6.07, 6.45) is 7.28. The number of thioether (sulfide) groups is 1. The van der Waals surface area contributed by atoms with Crippen LogP contribution in [0.1, 0.15) is 42.5 Å². The summed E-state index contributed by atoms with van der Waals surface area (Å²) < 4.78 is 0. The third-order valence-corrected chi connectivity index (χ3v) is 4.53. The zero-order valence-corrected chi connectivity index (χ0v) is 12.8. The lowest BCUT2D eigenvalue weighted by Gasteiger charge is -2.24. The Balaban J connectivity index is 1.92. The van der Waals surface area contributed by atoms with E-state index in [1.54, 1.807) is 12.3 Å². The van der Waals surface area contributed by atoms with Gasteiger partial charge >= 0.3 is 5.97 Å². The fourth-order valence-corrected chi connectivity index (χ4v) is 3.28. The zero-order chi connectivity index (χ0) is 15.1. The number of pyridine rings is 1. The molecule has 0 atom stereocenters. The molecule has 1 fully saturated rings. The summed E-state index contributed by atoms with van der Waals surface area (Å²) in [5, 5.41) is 9.51. The lowest BCUT2D eigenvalue weighted by atomic mass is 10.1. The molecule has 1 aliphatic heterocycles. The van der Waals surface area contributed by atoms with E-state index in [4.69, 9.17) is 5.11 Å². The Morgan fingerprint density at radius 1 is 1.19 bits per heavy atom. The first-order valence-corrected chi connectivity index (χ1v) is 8.26. The molecule has 1 amide bonds. The van der Waals surface area contributed by atoms with Crippen LogP contribution in [0.4, 0.5) is 0 Å². The van der Waals surface area contributed by atoms with E-state index in [-0.39, 0.29) is 17.2 Å². The van der Waals surface area contributed by atoms with Crippen LogP contribution in [0.3, 0.4) is 0 Å². The molecule has 6 heteroatoms. The topological polar surface area (TPSA) is 70.5 Å². The van der Waals surface area contributed by atoms with Crippen molar-refractivity contribution in [1.82, 2.24) is 9.88 Å². The van der Waals surface area contributed by atoms with E-state index in [0.29, 0.717) is 5.03 Å². The first kappa shape index (κ1) is 15.8. The second-order valence-corrected chi connectivity index (χ2v) is 6.06. The lowest BCUT2D eigenvalue weighted by molar-refractivity contribution is -0.128. The minimum Gasteiger partial charge on any atom is -0.478 e. The summed E-state index contributed by atoms with van der Waals surface area (Å²) in [4.78, 5) is 29.3. The van der Waals surface area contributed by atoms with Crippen molar-refractivity contribution in [3.05, 3.63) is 23.9 Å². The molecule has 0 aliphatic carbocycles. The van der Waals surface area contributed by atoms with Crippen molar-refractivity contribution in [2.24, 2.45) is 0 Å². The number of likely N-dealkylation sites (tertiary alicyclic amines) is 1. The molecule has 0 radical (unpaired) electrons. The molecule has 1 N–H and O–H groups in total. The largest absolute Gasteiger partial charge is 0.478 e. The Bertz CT molecular complexity index is 499. The number of rotatable bonds is 4. The van der Waals surface area contributed by atoms with Gasteiger partial charge in [-0.25, -0.2) is 9.78 Å². The molecule has 0 aromatic carbocycles. The van der Waals surface area contributed by atoms with Crippen LogP contribution in [0, 0.1) is 0 Å². The van der Waals surface area contributed by atoms with Gasteiger partial charge in [0.15, 0.2) is 0 Å². The number of hydrogen-bond donors (Lipinski definition) is 1. The Morgan fingerprint density at radius 2 is 1.86 bits per heavy atom. The Morgan fingerprint density at radius 3 is 2.52 bits per heavy atom. The summed E-state index contributed by atoms with van der Waals surface area (Å²) in [5.41, 5.74) is 0.156. The van der Waals surface area contributed by atoms with Crippen LogP contribution in [0.5, 0.6) is 0 Å². The SMILES string of the molecule is O=C(O)c1cccnc1SCC(=O)N1CCCCCCC1. The maximum atomic E-state index is 12.2. The number of carbonyl (C=O) groups excluding carboxylic acids is 1. The van der Waals surface area contributed by atoms with Crippen LogP contribution in [-0.4, -0.2) is 45.7 Å². The first-order chi connectivity index (χ1) is 10.2. The Kier molecular flexibility index (Phi) is 6.04. The molecule has 2 heterocycles. The van der Waals surface area contributed by atoms with Crippen LogP contribution in [0.25, 0.3) is 0 Å². The van der Waals surface area contributed by atoms with E-state index in [1.165, 1.54) is 37.1 Å². The molecule has 2 rings (SSSR count). The third kappa shape index (κ3) is 4.74. The van der Waals surface area contributed by atoms with Crippen LogP contribution < -0.4 is 0 Å². The maximum Gasteiger partial charge on any atom is 0.338 e. The minimum atomic E-state index is -1.01. The summed E-state index contributed by atoms with van der Waals surface area (Å²) in [5.74, 6) is -0.690. The van der Waals surface area contributed by atoms with Crippen LogP contribution in [0.2, 0.25) is 0 Å². The molecule has 1 aromatic heterocycles. The van der Waals surface area contributed by atoms with E-state index in [2.05, 4.69) is 4.98 Å². The average molecular weight is 308 g/mol. The van der Waals surface area contributed by atoms with E-state index in [1.807, 2.05) is 4.90 Å². The predicted octanol–water partition coefficient (Wildman–Crippen LogP) is 2.66. The highest BCUT2D eigenvalue weighted by molar-refractivity contribution is 8.00. The number of carboxylic acids is 1. The molecule has 0 bridgehead atoms. The van der Waals surface area contributed by atoms with Gasteiger partial charge in [0.1, 0.15) is 5.03 Å². The number of carbonyl (C=O) groups is 2. The molecule has 1 aliphatic rings. The third-order valence-electron chi connectivity index (χ3n) is 3.54. The van der Waals surface area contributed by atoms with Crippen LogP contribution >= 0.6 is 11.8 Å². The predicted molar refractivity (Wildman–Crippen MR) is 81.6 cm³/mol. The number of hydrogen-bond acceptors (Lipinski definition) is 4. The summed E-state index contributed by atoms with van der Waals surface area (Å²) in [6.45, 7) is 1.63. The smallest absolute Gasteiger partial charge is 0.338 e. The Labute approximate surface area is 128 Å². The molecule has 1 saturated heterocycles. The second kappa shape index (κ2) is 8.02. The van der Waals surface area contributed by atoms with Crippen molar-refractivity contribution in [2.45, 2.75) is 37.1 Å². The average Bonchev–Trinajstić information content (AvgIpc) is 2.44. The van der Waals surface area contributed by atoms with E-state index < -0.39 is 5.97 Å². The highest BCUT2D eigenvalue weighted by atomic mass is 32.2. The van der Waals surface area contributed by atoms with Gasteiger partial charge in [-0.05, 0) is 25.0 Å². The summed E-state index contributed by atoms with van der Waals surface area (Å²) >= 11 is 1.21. The molecule has 0 saturated carbocycles. The molecule has 0 spiro atoms. The van der Waals surface area contributed by atoms with Crippen molar-refractivity contribution in [2.75, 3.05) is 18.8 Å². The van der Waals surface area contributed by atoms with Gasteiger partial charge < -0.3 is 10.0 Å². The van der Waals surface area contributed by atoms with E-state index >= 15 is 0 Å². The summed E-state index contributed by atoms with van der Waals surface area (Å²) in [6, 6.07) is 3.10. The molecule has 0 unspecified atom stereocenters. The zero-order valence-electron chi connectivity index (χ0n) is 12.0. The fourth-order valence-electron chi connectivity index (χ4n) is 2.39.